The van der Waals surface area contributed by atoms with Crippen LogP contribution in [0.2, 0.25) is 0 Å². The molecule has 0 radical (unpaired) electrons. The van der Waals surface area contributed by atoms with Gasteiger partial charge in [-0.2, -0.15) is 22.0 Å². The van der Waals surface area contributed by atoms with Crippen LogP contribution in [0.25, 0.3) is 0 Å². The number of carboxylic acid groups (broad SMARTS) is 1. The second-order valence-corrected chi connectivity index (χ2v) is 8.06. The third kappa shape index (κ3) is 5.31. The van der Waals surface area contributed by atoms with Gasteiger partial charge in [-0.1, -0.05) is 0 Å². The molecule has 1 saturated carbocycles. The summed E-state index contributed by atoms with van der Waals surface area (Å²) in [5, 5.41) is 10.4. The Morgan fingerprint density at radius 1 is 1.21 bits per heavy atom. The summed E-state index contributed by atoms with van der Waals surface area (Å²) in [6.07, 6.45) is 0.865. The molecule has 2 aliphatic rings. The lowest BCUT2D eigenvalue weighted by atomic mass is 9.84. The molecule has 4 rings (SSSR count). The number of pyridine rings is 1. The van der Waals surface area contributed by atoms with Gasteiger partial charge in [-0.25, -0.2) is 14.8 Å². The zero-order chi connectivity index (χ0) is 25.3. The fraction of sp³-hybridized carbons (Fsp3) is 0.450. The number of amides is 1. The first-order chi connectivity index (χ1) is 15.8. The number of ether oxygens (including phenoxy) is 1. The van der Waals surface area contributed by atoms with Gasteiger partial charge in [-0.05, 0) is 38.8 Å². The molecule has 2 aromatic heterocycles. The van der Waals surface area contributed by atoms with Crippen molar-refractivity contribution in [1.82, 2.24) is 15.0 Å². The number of carbonyl (C=O) groups excluding carboxylic acids is 1. The number of carbonyl (C=O) groups is 2. The van der Waals surface area contributed by atoms with E-state index in [2.05, 4.69) is 25.0 Å². The molecule has 1 fully saturated rings. The smallest absolute Gasteiger partial charge is 0.475 e. The lowest BCUT2D eigenvalue weighted by molar-refractivity contribution is -0.192. The number of hydrogen-bond acceptors (Lipinski definition) is 7. The van der Waals surface area contributed by atoms with Crippen molar-refractivity contribution >= 4 is 23.5 Å². The molecule has 34 heavy (non-hydrogen) atoms. The summed E-state index contributed by atoms with van der Waals surface area (Å²) in [4.78, 5) is 36.3. The molecular formula is C20H20F5N5O4. The molecule has 3 heterocycles. The number of nitrogens with one attached hydrogen (secondary N) is 1. The second-order valence-electron chi connectivity index (χ2n) is 8.06. The van der Waals surface area contributed by atoms with Crippen molar-refractivity contribution in [1.29, 1.82) is 0 Å². The average Bonchev–Trinajstić information content (AvgIpc) is 2.91. The van der Waals surface area contributed by atoms with Crippen LogP contribution < -0.4 is 15.0 Å². The van der Waals surface area contributed by atoms with Crippen LogP contribution in [0.15, 0.2) is 30.7 Å². The minimum atomic E-state index is -5.08. The van der Waals surface area contributed by atoms with Crippen LogP contribution in [-0.2, 0) is 15.0 Å². The van der Waals surface area contributed by atoms with Crippen LogP contribution in [-0.4, -0.2) is 56.8 Å². The summed E-state index contributed by atoms with van der Waals surface area (Å²) in [5.41, 5.74) is 0.0344. The molecule has 9 nitrogen and oxygen atoms in total. The van der Waals surface area contributed by atoms with E-state index in [0.717, 1.165) is 12.8 Å². The van der Waals surface area contributed by atoms with E-state index >= 15 is 0 Å². The predicted molar refractivity (Wildman–Crippen MR) is 108 cm³/mol. The summed E-state index contributed by atoms with van der Waals surface area (Å²) in [6.45, 7) is 0.861. The second kappa shape index (κ2) is 9.35. The minimum Gasteiger partial charge on any atom is -0.475 e. The van der Waals surface area contributed by atoms with Crippen molar-refractivity contribution in [2.24, 2.45) is 0 Å². The summed E-state index contributed by atoms with van der Waals surface area (Å²) in [5.74, 6) is -1.51. The SMILES string of the molecule is CC1(C)C(=O)N(C2CC(Nc3ccc(OC(F)F)cn3)C2)c2nccnc21.O=C(O)C(F)(F)F. The third-order valence-electron chi connectivity index (χ3n) is 5.29. The number of aromatic nitrogens is 3. The number of alkyl halides is 5. The van der Waals surface area contributed by atoms with E-state index in [9.17, 15) is 26.7 Å². The zero-order valence-electron chi connectivity index (χ0n) is 17.9. The Morgan fingerprint density at radius 3 is 2.35 bits per heavy atom. The number of carboxylic acids is 1. The van der Waals surface area contributed by atoms with E-state index in [4.69, 9.17) is 9.90 Å². The Kier molecular flexibility index (Phi) is 6.89. The zero-order valence-corrected chi connectivity index (χ0v) is 17.9. The van der Waals surface area contributed by atoms with Crippen LogP contribution in [0.1, 0.15) is 32.4 Å². The Bertz CT molecular complexity index is 1040. The number of rotatable bonds is 5. The number of anilines is 2. The van der Waals surface area contributed by atoms with Crippen LogP contribution in [0.4, 0.5) is 33.6 Å². The van der Waals surface area contributed by atoms with E-state index in [1.165, 1.54) is 12.3 Å². The molecule has 0 bridgehead atoms. The predicted octanol–water partition coefficient (Wildman–Crippen LogP) is 3.37. The fourth-order valence-corrected chi connectivity index (χ4v) is 3.55. The standard InChI is InChI=1S/C18H19F2N5O2.C2HF3O2/c1-18(2)14-15(22-6-5-21-14)25(16(18)26)11-7-10(8-11)24-13-4-3-12(9-23-13)27-17(19)20;3-2(4,5)1(6)7/h3-6,9-11,17H,7-8H2,1-2H3,(H,23,24);(H,6,7). The van der Waals surface area contributed by atoms with Gasteiger partial charge < -0.3 is 15.2 Å². The molecule has 0 unspecified atom stereocenters. The molecular weight excluding hydrogens is 469 g/mol. The van der Waals surface area contributed by atoms with Gasteiger partial charge in [0.05, 0.1) is 17.3 Å². The van der Waals surface area contributed by atoms with Crippen LogP contribution in [0, 0.1) is 0 Å². The maximum atomic E-state index is 12.8. The monoisotopic (exact) mass is 489 g/mol. The van der Waals surface area contributed by atoms with Gasteiger partial charge >= 0.3 is 18.8 Å². The largest absolute Gasteiger partial charge is 0.490 e. The van der Waals surface area contributed by atoms with Crippen molar-refractivity contribution in [3.8, 4) is 5.75 Å². The maximum Gasteiger partial charge on any atom is 0.490 e. The van der Waals surface area contributed by atoms with E-state index in [0.29, 0.717) is 17.3 Å². The summed E-state index contributed by atoms with van der Waals surface area (Å²) < 4.78 is 60.4. The number of halogens is 5. The highest BCUT2D eigenvalue weighted by Gasteiger charge is 2.51. The van der Waals surface area contributed by atoms with Crippen molar-refractivity contribution in [2.45, 2.75) is 57.0 Å². The van der Waals surface area contributed by atoms with E-state index < -0.39 is 24.2 Å². The number of hydrogen-bond donors (Lipinski definition) is 2. The third-order valence-corrected chi connectivity index (χ3v) is 5.29. The van der Waals surface area contributed by atoms with E-state index in [1.807, 2.05) is 13.8 Å². The van der Waals surface area contributed by atoms with Crippen LogP contribution in [0.5, 0.6) is 5.75 Å². The Labute approximate surface area is 190 Å². The average molecular weight is 489 g/mol. The lowest BCUT2D eigenvalue weighted by Crippen LogP contribution is -2.53. The van der Waals surface area contributed by atoms with Crippen molar-refractivity contribution < 1.29 is 41.4 Å². The van der Waals surface area contributed by atoms with Gasteiger partial charge in [0.2, 0.25) is 5.91 Å². The summed E-state index contributed by atoms with van der Waals surface area (Å²) >= 11 is 0. The molecule has 2 aromatic rings. The Balaban J connectivity index is 0.000000406. The summed E-state index contributed by atoms with van der Waals surface area (Å²) in [6, 6.07) is 3.22. The van der Waals surface area contributed by atoms with Crippen molar-refractivity contribution in [2.75, 3.05) is 10.2 Å². The molecule has 1 aliphatic carbocycles. The van der Waals surface area contributed by atoms with Crippen LogP contribution in [0.3, 0.4) is 0 Å². The molecule has 184 valence electrons. The normalized spacial score (nSPS) is 20.7. The molecule has 1 aliphatic heterocycles. The topological polar surface area (TPSA) is 118 Å². The van der Waals surface area contributed by atoms with Gasteiger partial charge in [0.1, 0.15) is 11.6 Å². The molecule has 2 N–H and O–H groups in total. The number of fused-ring (bicyclic) bond motifs is 1. The lowest BCUT2D eigenvalue weighted by Gasteiger charge is -2.41. The van der Waals surface area contributed by atoms with Gasteiger partial charge in [-0.3, -0.25) is 14.7 Å². The van der Waals surface area contributed by atoms with E-state index in [1.54, 1.807) is 23.4 Å². The molecule has 0 saturated heterocycles. The first kappa shape index (κ1) is 25.1. The highest BCUT2D eigenvalue weighted by atomic mass is 19.4. The first-order valence-electron chi connectivity index (χ1n) is 9.93. The molecule has 1 amide bonds. The summed E-state index contributed by atoms with van der Waals surface area (Å²) in [7, 11) is 0. The van der Waals surface area contributed by atoms with Crippen molar-refractivity contribution in [3.05, 3.63) is 36.4 Å². The maximum absolute atomic E-state index is 12.8. The quantitative estimate of drug-likeness (QED) is 0.614. The van der Waals surface area contributed by atoms with Gasteiger partial charge in [0, 0.05) is 24.5 Å². The van der Waals surface area contributed by atoms with Crippen molar-refractivity contribution in [3.63, 3.8) is 0 Å². The highest BCUT2D eigenvalue weighted by Crippen LogP contribution is 2.43. The minimum absolute atomic E-state index is 0.0128. The van der Waals surface area contributed by atoms with Gasteiger partial charge in [0.15, 0.2) is 5.82 Å². The molecule has 0 spiro atoms. The first-order valence-corrected chi connectivity index (χ1v) is 9.93. The molecule has 0 atom stereocenters. The molecule has 14 heteroatoms. The molecule has 0 aromatic carbocycles. The highest BCUT2D eigenvalue weighted by molar-refractivity contribution is 6.06. The van der Waals surface area contributed by atoms with E-state index in [-0.39, 0.29) is 23.7 Å². The van der Waals surface area contributed by atoms with Gasteiger partial charge in [0.25, 0.3) is 0 Å². The Hall–Kier alpha value is -3.58. The fourth-order valence-electron chi connectivity index (χ4n) is 3.55. The van der Waals surface area contributed by atoms with Gasteiger partial charge in [-0.15, -0.1) is 0 Å². The Morgan fingerprint density at radius 2 is 1.82 bits per heavy atom. The number of aliphatic carboxylic acids is 1. The van der Waals surface area contributed by atoms with Crippen LogP contribution >= 0.6 is 0 Å². The number of nitrogens with zero attached hydrogens (tertiary/aromatic N) is 4.